The summed E-state index contributed by atoms with van der Waals surface area (Å²) in [6.45, 7) is 6.92. The van der Waals surface area contributed by atoms with Crippen molar-refractivity contribution in [3.05, 3.63) is 35.4 Å². The van der Waals surface area contributed by atoms with Crippen LogP contribution in [-0.4, -0.2) is 23.9 Å². The van der Waals surface area contributed by atoms with Gasteiger partial charge in [0.1, 0.15) is 0 Å². The molecule has 1 aromatic rings. The average Bonchev–Trinajstić information content (AvgIpc) is 2.42. The van der Waals surface area contributed by atoms with Gasteiger partial charge in [0.15, 0.2) is 0 Å². The topological polar surface area (TPSA) is 3.24 Å². The van der Waals surface area contributed by atoms with Gasteiger partial charge in [-0.2, -0.15) is 0 Å². The molecule has 0 saturated carbocycles. The van der Waals surface area contributed by atoms with Crippen molar-refractivity contribution in [3.63, 3.8) is 0 Å². The van der Waals surface area contributed by atoms with Crippen LogP contribution in [0.5, 0.6) is 0 Å². The van der Waals surface area contributed by atoms with E-state index in [-0.39, 0.29) is 0 Å². The van der Waals surface area contributed by atoms with Crippen molar-refractivity contribution in [2.24, 2.45) is 5.92 Å². The number of benzene rings is 1. The van der Waals surface area contributed by atoms with E-state index in [1.54, 1.807) is 0 Å². The van der Waals surface area contributed by atoms with Gasteiger partial charge in [0.2, 0.25) is 0 Å². The van der Waals surface area contributed by atoms with Crippen LogP contribution in [0.1, 0.15) is 43.9 Å². The van der Waals surface area contributed by atoms with E-state index in [2.05, 4.69) is 43.0 Å². The molecule has 100 valence electrons. The first-order chi connectivity index (χ1) is 8.74. The molecule has 0 amide bonds. The van der Waals surface area contributed by atoms with Crippen LogP contribution in [0.15, 0.2) is 24.3 Å². The van der Waals surface area contributed by atoms with E-state index in [0.29, 0.717) is 11.9 Å². The molecule has 0 spiro atoms. The third-order valence-electron chi connectivity index (χ3n) is 4.18. The number of nitrogens with zero attached hydrogens (tertiary/aromatic N) is 1. The molecule has 18 heavy (non-hydrogen) atoms. The smallest absolute Gasteiger partial charge is 0.0483 e. The molecule has 2 rings (SSSR count). The second-order valence-electron chi connectivity index (χ2n) is 5.48. The van der Waals surface area contributed by atoms with Crippen molar-refractivity contribution in [1.82, 2.24) is 4.90 Å². The Morgan fingerprint density at radius 3 is 2.33 bits per heavy atom. The zero-order valence-electron chi connectivity index (χ0n) is 11.5. The van der Waals surface area contributed by atoms with E-state index in [9.17, 15) is 0 Å². The van der Waals surface area contributed by atoms with Crippen molar-refractivity contribution < 1.29 is 0 Å². The fourth-order valence-corrected chi connectivity index (χ4v) is 3.09. The van der Waals surface area contributed by atoms with Gasteiger partial charge in [-0.3, -0.25) is 4.90 Å². The molecule has 1 aromatic carbocycles. The Bertz CT molecular complexity index is 352. The lowest BCUT2D eigenvalue weighted by molar-refractivity contribution is 0.149. The lowest BCUT2D eigenvalue weighted by Gasteiger charge is -2.36. The molecule has 1 heterocycles. The summed E-state index contributed by atoms with van der Waals surface area (Å²) in [5, 5.41) is 0. The van der Waals surface area contributed by atoms with E-state index in [1.807, 2.05) is 0 Å². The molecule has 0 N–H and O–H groups in total. The number of aryl methyl sites for hydroxylation is 1. The second kappa shape index (κ2) is 6.58. The molecule has 1 atom stereocenters. The number of rotatable bonds is 4. The summed E-state index contributed by atoms with van der Waals surface area (Å²) in [4.78, 5) is 2.55. The highest BCUT2D eigenvalue weighted by Gasteiger charge is 2.23. The van der Waals surface area contributed by atoms with Gasteiger partial charge in [-0.25, -0.2) is 0 Å². The first-order valence-corrected chi connectivity index (χ1v) is 7.67. The Kier molecular flexibility index (Phi) is 5.08. The van der Waals surface area contributed by atoms with E-state index in [4.69, 9.17) is 11.6 Å². The number of piperidine rings is 1. The Hall–Kier alpha value is -0.530. The van der Waals surface area contributed by atoms with Crippen LogP contribution >= 0.6 is 11.6 Å². The molecule has 1 nitrogen and oxygen atoms in total. The predicted molar refractivity (Wildman–Crippen MR) is 79.3 cm³/mol. The number of halogens is 1. The lowest BCUT2D eigenvalue weighted by atomic mass is 9.96. The van der Waals surface area contributed by atoms with Crippen molar-refractivity contribution in [2.45, 2.75) is 39.2 Å². The fourth-order valence-electron chi connectivity index (χ4n) is 2.71. The predicted octanol–water partition coefficient (Wildman–Crippen LogP) is 4.26. The number of hydrogen-bond acceptors (Lipinski definition) is 1. The monoisotopic (exact) mass is 265 g/mol. The van der Waals surface area contributed by atoms with Crippen LogP contribution in [0.3, 0.4) is 0 Å². The first kappa shape index (κ1) is 13.9. The van der Waals surface area contributed by atoms with E-state index < -0.39 is 0 Å². The van der Waals surface area contributed by atoms with Crippen LogP contribution in [0, 0.1) is 5.92 Å². The maximum absolute atomic E-state index is 6.20. The van der Waals surface area contributed by atoms with Crippen LogP contribution in [0.25, 0.3) is 0 Å². The summed E-state index contributed by atoms with van der Waals surface area (Å²) in [5.74, 6) is 1.57. The van der Waals surface area contributed by atoms with Crippen LogP contribution in [0.4, 0.5) is 0 Å². The summed E-state index contributed by atoms with van der Waals surface area (Å²) < 4.78 is 0. The van der Waals surface area contributed by atoms with E-state index in [1.165, 1.54) is 37.1 Å². The zero-order valence-corrected chi connectivity index (χ0v) is 12.3. The normalized spacial score (nSPS) is 19.9. The highest BCUT2D eigenvalue weighted by Crippen LogP contribution is 2.27. The molecule has 2 heteroatoms. The Balaban J connectivity index is 2.07. The van der Waals surface area contributed by atoms with E-state index in [0.717, 1.165) is 12.3 Å². The summed E-state index contributed by atoms with van der Waals surface area (Å²) in [6, 6.07) is 9.38. The Morgan fingerprint density at radius 1 is 1.22 bits per heavy atom. The molecule has 1 aliphatic rings. The second-order valence-corrected chi connectivity index (χ2v) is 5.79. The minimum atomic E-state index is 0.394. The molecule has 0 aromatic heterocycles. The third-order valence-corrected chi connectivity index (χ3v) is 4.47. The molecule has 1 unspecified atom stereocenters. The lowest BCUT2D eigenvalue weighted by Crippen LogP contribution is -2.37. The maximum atomic E-state index is 6.20. The van der Waals surface area contributed by atoms with Gasteiger partial charge in [0.25, 0.3) is 0 Å². The Morgan fingerprint density at radius 2 is 1.83 bits per heavy atom. The molecular formula is C16H24ClN. The molecule has 0 aliphatic carbocycles. The van der Waals surface area contributed by atoms with Crippen molar-refractivity contribution in [1.29, 1.82) is 0 Å². The van der Waals surface area contributed by atoms with Crippen LogP contribution < -0.4 is 0 Å². The van der Waals surface area contributed by atoms with Crippen molar-refractivity contribution >= 4 is 11.6 Å². The number of alkyl halides is 1. The van der Waals surface area contributed by atoms with Crippen LogP contribution in [-0.2, 0) is 6.42 Å². The molecular weight excluding hydrogens is 242 g/mol. The zero-order chi connectivity index (χ0) is 13.0. The van der Waals surface area contributed by atoms with Gasteiger partial charge in [-0.15, -0.1) is 11.6 Å². The molecule has 0 radical (unpaired) electrons. The van der Waals surface area contributed by atoms with Crippen molar-refractivity contribution in [2.75, 3.05) is 19.0 Å². The van der Waals surface area contributed by atoms with Gasteiger partial charge in [-0.1, -0.05) is 38.1 Å². The van der Waals surface area contributed by atoms with Gasteiger partial charge < -0.3 is 0 Å². The molecule has 1 saturated heterocycles. The third kappa shape index (κ3) is 3.27. The summed E-state index contributed by atoms with van der Waals surface area (Å²) >= 11 is 6.20. The standard InChI is InChI=1S/C16H24ClN/c1-3-14-4-6-15(7-5-14)16(12-17)18-10-8-13(2)9-11-18/h4-7,13,16H,3,8-12H2,1-2H3. The average molecular weight is 266 g/mol. The highest BCUT2D eigenvalue weighted by molar-refractivity contribution is 6.18. The largest absolute Gasteiger partial charge is 0.295 e. The first-order valence-electron chi connectivity index (χ1n) is 7.13. The van der Waals surface area contributed by atoms with Gasteiger partial charge >= 0.3 is 0 Å². The van der Waals surface area contributed by atoms with E-state index >= 15 is 0 Å². The van der Waals surface area contributed by atoms with Crippen LogP contribution in [0.2, 0.25) is 0 Å². The molecule has 0 bridgehead atoms. The SMILES string of the molecule is CCc1ccc(C(CCl)N2CCC(C)CC2)cc1. The van der Waals surface area contributed by atoms with Crippen molar-refractivity contribution in [3.8, 4) is 0 Å². The minimum absolute atomic E-state index is 0.394. The van der Waals surface area contributed by atoms with Gasteiger partial charge in [-0.05, 0) is 49.4 Å². The minimum Gasteiger partial charge on any atom is -0.295 e. The fraction of sp³-hybridized carbons (Fsp3) is 0.625. The maximum Gasteiger partial charge on any atom is 0.0483 e. The van der Waals surface area contributed by atoms with Gasteiger partial charge in [0, 0.05) is 11.9 Å². The Labute approximate surface area is 116 Å². The number of likely N-dealkylation sites (tertiary alicyclic amines) is 1. The van der Waals surface area contributed by atoms with Gasteiger partial charge in [0.05, 0.1) is 0 Å². The quantitative estimate of drug-likeness (QED) is 0.736. The number of hydrogen-bond donors (Lipinski definition) is 0. The highest BCUT2D eigenvalue weighted by atomic mass is 35.5. The summed E-state index contributed by atoms with van der Waals surface area (Å²) in [5.41, 5.74) is 2.77. The molecule has 1 aliphatic heterocycles. The summed E-state index contributed by atoms with van der Waals surface area (Å²) in [7, 11) is 0. The molecule has 1 fully saturated rings. The summed E-state index contributed by atoms with van der Waals surface area (Å²) in [6.07, 6.45) is 3.72.